The van der Waals surface area contributed by atoms with Gasteiger partial charge in [0.15, 0.2) is 0 Å². The summed E-state index contributed by atoms with van der Waals surface area (Å²) in [5.74, 6) is -1.03. The van der Waals surface area contributed by atoms with Gasteiger partial charge in [-0.25, -0.2) is 5.10 Å². The van der Waals surface area contributed by atoms with Crippen LogP contribution in [-0.4, -0.2) is 81.6 Å². The van der Waals surface area contributed by atoms with E-state index in [1.807, 2.05) is 0 Å². The van der Waals surface area contributed by atoms with Crippen LogP contribution in [0.15, 0.2) is 0 Å². The number of nitrogens with zero attached hydrogens (tertiary/aromatic N) is 5. The Bertz CT molecular complexity index is 416. The molecule has 1 aromatic rings. The van der Waals surface area contributed by atoms with E-state index in [2.05, 4.69) is 10.3 Å². The zero-order valence-corrected chi connectivity index (χ0v) is 6.76. The van der Waals surface area contributed by atoms with Gasteiger partial charge >= 0.3 is 63.4 Å². The second-order valence-electron chi connectivity index (χ2n) is 2.25. The van der Waals surface area contributed by atoms with Gasteiger partial charge in [0.1, 0.15) is 14.9 Å². The van der Waals surface area contributed by atoms with Gasteiger partial charge in [0.05, 0.1) is 5.21 Å². The maximum absolute atomic E-state index is 10.3. The Balaban J connectivity index is 0.00000225. The van der Waals surface area contributed by atoms with E-state index in [1.54, 1.807) is 5.10 Å². The third-order valence-corrected chi connectivity index (χ3v) is 1.39. The van der Waals surface area contributed by atoms with Crippen LogP contribution in [0.25, 0.3) is 0 Å². The van der Waals surface area contributed by atoms with E-state index in [0.29, 0.717) is 0 Å². The number of nitro groups is 3. The monoisotopic (exact) mass is 258 g/mol. The molecule has 0 saturated heterocycles. The fourth-order valence-electron chi connectivity index (χ4n) is 0.826. The first-order valence-electron chi connectivity index (χ1n) is 3.27. The standard InChI is InChI=1S/C3H2N6O6.K.H/c10-7(11)2-1(4-6-5-2)3(8(12)13)9(14)15;;/h3H,(H,4,5,6);;. The molecule has 0 fully saturated rings. The van der Waals surface area contributed by atoms with Gasteiger partial charge in [-0.3, -0.25) is 20.2 Å². The zero-order valence-electron chi connectivity index (χ0n) is 6.76. The van der Waals surface area contributed by atoms with Crippen LogP contribution in [0.5, 0.6) is 0 Å². The summed E-state index contributed by atoms with van der Waals surface area (Å²) in [4.78, 5) is 27.2. The van der Waals surface area contributed by atoms with Crippen LogP contribution in [0.3, 0.4) is 0 Å². The van der Waals surface area contributed by atoms with Crippen LogP contribution in [0.2, 0.25) is 0 Å². The van der Waals surface area contributed by atoms with Crippen LogP contribution < -0.4 is 0 Å². The van der Waals surface area contributed by atoms with Crippen molar-refractivity contribution in [2.45, 2.75) is 6.17 Å². The van der Waals surface area contributed by atoms with Crippen molar-refractivity contribution in [2.24, 2.45) is 0 Å². The van der Waals surface area contributed by atoms with Crippen molar-refractivity contribution in [3.63, 3.8) is 0 Å². The minimum atomic E-state index is -2.47. The first-order valence-corrected chi connectivity index (χ1v) is 3.27. The fourth-order valence-corrected chi connectivity index (χ4v) is 0.826. The predicted octanol–water partition coefficient (Wildman–Crippen LogP) is -1.38. The van der Waals surface area contributed by atoms with E-state index in [-0.39, 0.29) is 51.4 Å². The van der Waals surface area contributed by atoms with Gasteiger partial charge in [-0.05, 0) is 4.92 Å². The molecule has 12 nitrogen and oxygen atoms in total. The van der Waals surface area contributed by atoms with Crippen molar-refractivity contribution in [1.29, 1.82) is 0 Å². The van der Waals surface area contributed by atoms with Crippen molar-refractivity contribution in [3.05, 3.63) is 36.0 Å². The molecule has 0 amide bonds. The molecule has 0 bridgehead atoms. The van der Waals surface area contributed by atoms with Crippen LogP contribution in [0.4, 0.5) is 5.82 Å². The number of nitrogens with one attached hydrogen (secondary N) is 1. The van der Waals surface area contributed by atoms with Crippen molar-refractivity contribution in [2.75, 3.05) is 0 Å². The summed E-state index contributed by atoms with van der Waals surface area (Å²) in [7, 11) is 0. The summed E-state index contributed by atoms with van der Waals surface area (Å²) in [5, 5.41) is 38.4. The van der Waals surface area contributed by atoms with E-state index < -0.39 is 32.4 Å². The Kier molecular flexibility index (Phi) is 5.52. The second-order valence-corrected chi connectivity index (χ2v) is 2.25. The molecule has 0 radical (unpaired) electrons. The zero-order chi connectivity index (χ0) is 11.6. The second kappa shape index (κ2) is 5.90. The Morgan fingerprint density at radius 1 is 1.12 bits per heavy atom. The maximum atomic E-state index is 10.3. The molecule has 0 atom stereocenters. The first-order chi connectivity index (χ1) is 6.95. The van der Waals surface area contributed by atoms with Crippen LogP contribution in [0.1, 0.15) is 11.9 Å². The number of H-pyrrole nitrogens is 1. The van der Waals surface area contributed by atoms with Gasteiger partial charge in [-0.2, -0.15) is 0 Å². The summed E-state index contributed by atoms with van der Waals surface area (Å²) >= 11 is 0. The topological polar surface area (TPSA) is 171 Å². The van der Waals surface area contributed by atoms with Gasteiger partial charge in [-0.1, -0.05) is 0 Å². The first kappa shape index (κ1) is 15.0. The number of aromatic amines is 1. The number of aromatic nitrogens is 3. The van der Waals surface area contributed by atoms with Crippen LogP contribution in [0, 0.1) is 30.3 Å². The minimum absolute atomic E-state index is 0. The van der Waals surface area contributed by atoms with Crippen molar-refractivity contribution in [3.8, 4) is 0 Å². The van der Waals surface area contributed by atoms with Gasteiger partial charge in [0.25, 0.3) is 5.69 Å². The van der Waals surface area contributed by atoms with E-state index in [0.717, 1.165) is 0 Å². The number of hydrogen-bond donors (Lipinski definition) is 1. The van der Waals surface area contributed by atoms with Gasteiger partial charge in [-0.15, -0.1) is 0 Å². The average molecular weight is 258 g/mol. The summed E-state index contributed by atoms with van der Waals surface area (Å²) in [6.07, 6.45) is -2.47. The molecule has 0 spiro atoms. The number of hydrogen-bond acceptors (Lipinski definition) is 8. The molecule has 0 aliphatic heterocycles. The van der Waals surface area contributed by atoms with Crippen molar-refractivity contribution in [1.82, 2.24) is 15.4 Å². The molecular weight excluding hydrogens is 255 g/mol. The normalized spacial score (nSPS) is 9.56. The van der Waals surface area contributed by atoms with Crippen molar-refractivity contribution >= 4 is 57.2 Å². The number of rotatable bonds is 4. The Hall–Kier alpha value is -1.02. The van der Waals surface area contributed by atoms with E-state index in [1.165, 1.54) is 0 Å². The molecule has 1 N–H and O–H groups in total. The van der Waals surface area contributed by atoms with E-state index in [4.69, 9.17) is 0 Å². The quantitative estimate of drug-likeness (QED) is 0.297. The SMILES string of the molecule is O=[N+]([O-])c1nn[nH]c1C([N+](=O)[O-])[N+](=O)[O-].[KH]. The average Bonchev–Trinajstić information content (AvgIpc) is 2.51. The van der Waals surface area contributed by atoms with E-state index >= 15 is 0 Å². The molecule has 82 valence electrons. The Morgan fingerprint density at radius 2 is 1.62 bits per heavy atom. The van der Waals surface area contributed by atoms with Crippen LogP contribution in [-0.2, 0) is 0 Å². The van der Waals surface area contributed by atoms with Crippen molar-refractivity contribution < 1.29 is 14.8 Å². The van der Waals surface area contributed by atoms with Gasteiger partial charge in [0, 0.05) is 0 Å². The molecule has 0 aliphatic rings. The van der Waals surface area contributed by atoms with E-state index in [9.17, 15) is 30.3 Å². The molecule has 13 heteroatoms. The summed E-state index contributed by atoms with van der Waals surface area (Å²) < 4.78 is 0. The molecule has 0 aliphatic carbocycles. The third-order valence-electron chi connectivity index (χ3n) is 1.39. The van der Waals surface area contributed by atoms with Gasteiger partial charge < -0.3 is 10.1 Å². The third kappa shape index (κ3) is 2.98. The fraction of sp³-hybridized carbons (Fsp3) is 0.333. The molecule has 0 saturated carbocycles. The molecular formula is C3H3KN6O6. The predicted molar refractivity (Wildman–Crippen MR) is 46.9 cm³/mol. The van der Waals surface area contributed by atoms with Gasteiger partial charge in [0.2, 0.25) is 0 Å². The Labute approximate surface area is 128 Å². The molecule has 1 aromatic heterocycles. The summed E-state index contributed by atoms with van der Waals surface area (Å²) in [5.41, 5.74) is -0.866. The summed E-state index contributed by atoms with van der Waals surface area (Å²) in [6, 6.07) is 0. The molecule has 1 rings (SSSR count). The van der Waals surface area contributed by atoms with Crippen LogP contribution >= 0.6 is 0 Å². The molecule has 16 heavy (non-hydrogen) atoms. The molecule has 0 unspecified atom stereocenters. The molecule has 0 aromatic carbocycles. The molecule has 1 heterocycles. The Morgan fingerprint density at radius 3 is 2.00 bits per heavy atom. The summed E-state index contributed by atoms with van der Waals surface area (Å²) in [6.45, 7) is 0.